The minimum atomic E-state index is -1.23. The first kappa shape index (κ1) is 19.7. The van der Waals surface area contributed by atoms with E-state index < -0.39 is 7.26 Å². The highest BCUT2D eigenvalue weighted by Gasteiger charge is 2.64. The maximum absolute atomic E-state index is 13.6. The second-order valence-electron chi connectivity index (χ2n) is 8.30. The zero-order valence-corrected chi connectivity index (χ0v) is 17.9. The van der Waals surface area contributed by atoms with Crippen LogP contribution in [0.3, 0.4) is 0 Å². The third kappa shape index (κ3) is 3.28. The Morgan fingerprint density at radius 2 is 1.65 bits per heavy atom. The van der Waals surface area contributed by atoms with Gasteiger partial charge in [0.2, 0.25) is 0 Å². The summed E-state index contributed by atoms with van der Waals surface area (Å²) in [6.45, 7) is 6.49. The SMILES string of the molecule is CC[P+]1(C2(C(=O)Nc3c(C)cc(OC)cc3C)CCC2)CCCCCC1. The summed E-state index contributed by atoms with van der Waals surface area (Å²) in [5.41, 5.74) is 3.18. The highest BCUT2D eigenvalue weighted by atomic mass is 31.2. The normalized spacial score (nSPS) is 21.4. The zero-order chi connectivity index (χ0) is 18.8. The molecule has 0 radical (unpaired) electrons. The molecular formula is C22H35NO2P+. The number of ether oxygens (including phenoxy) is 1. The number of benzene rings is 1. The predicted molar refractivity (Wildman–Crippen MR) is 113 cm³/mol. The molecule has 0 unspecified atom stereocenters. The molecule has 3 nitrogen and oxygen atoms in total. The maximum atomic E-state index is 13.6. The smallest absolute Gasteiger partial charge is 0.268 e. The summed E-state index contributed by atoms with van der Waals surface area (Å²) in [7, 11) is 0.467. The molecule has 1 aromatic carbocycles. The second-order valence-corrected chi connectivity index (χ2v) is 13.0. The van der Waals surface area contributed by atoms with Crippen LogP contribution in [0.4, 0.5) is 5.69 Å². The number of rotatable bonds is 5. The highest BCUT2D eigenvalue weighted by molar-refractivity contribution is 7.78. The number of aryl methyl sites for hydroxylation is 2. The van der Waals surface area contributed by atoms with Gasteiger partial charge in [0.15, 0.2) is 5.16 Å². The Labute approximate surface area is 159 Å². The number of hydrogen-bond donors (Lipinski definition) is 1. The van der Waals surface area contributed by atoms with E-state index in [0.717, 1.165) is 35.4 Å². The van der Waals surface area contributed by atoms with E-state index in [1.165, 1.54) is 50.6 Å². The monoisotopic (exact) mass is 376 g/mol. The topological polar surface area (TPSA) is 38.3 Å². The Morgan fingerprint density at radius 3 is 2.08 bits per heavy atom. The summed E-state index contributed by atoms with van der Waals surface area (Å²) in [5.74, 6) is 1.18. The molecule has 1 saturated heterocycles. The molecule has 1 aliphatic heterocycles. The number of amides is 1. The van der Waals surface area contributed by atoms with Crippen LogP contribution in [0.25, 0.3) is 0 Å². The van der Waals surface area contributed by atoms with Crippen LogP contribution < -0.4 is 10.1 Å². The van der Waals surface area contributed by atoms with Crippen LogP contribution in [0.1, 0.15) is 63.0 Å². The van der Waals surface area contributed by atoms with Crippen molar-refractivity contribution < 1.29 is 9.53 Å². The van der Waals surface area contributed by atoms with Gasteiger partial charge in [-0.3, -0.25) is 4.79 Å². The van der Waals surface area contributed by atoms with Gasteiger partial charge in [0.05, 0.1) is 25.6 Å². The number of methoxy groups -OCH3 is 1. The van der Waals surface area contributed by atoms with Gasteiger partial charge in [-0.15, -0.1) is 0 Å². The molecule has 3 rings (SSSR count). The summed E-state index contributed by atoms with van der Waals surface area (Å²) < 4.78 is 5.37. The lowest BCUT2D eigenvalue weighted by Crippen LogP contribution is -2.52. The van der Waals surface area contributed by atoms with Crippen LogP contribution in [0, 0.1) is 13.8 Å². The molecule has 0 aromatic heterocycles. The molecule has 26 heavy (non-hydrogen) atoms. The van der Waals surface area contributed by atoms with E-state index >= 15 is 0 Å². The molecule has 1 amide bonds. The molecular weight excluding hydrogens is 341 g/mol. The number of anilines is 1. The van der Waals surface area contributed by atoms with Crippen LogP contribution >= 0.6 is 7.26 Å². The van der Waals surface area contributed by atoms with Crippen LogP contribution in [0.15, 0.2) is 12.1 Å². The molecule has 144 valence electrons. The van der Waals surface area contributed by atoms with Crippen molar-refractivity contribution in [3.63, 3.8) is 0 Å². The predicted octanol–water partition coefficient (Wildman–Crippen LogP) is 5.78. The number of carbonyl (C=O) groups is 1. The highest BCUT2D eigenvalue weighted by Crippen LogP contribution is 2.76. The Balaban J connectivity index is 1.90. The van der Waals surface area contributed by atoms with Gasteiger partial charge < -0.3 is 10.1 Å². The lowest BCUT2D eigenvalue weighted by Gasteiger charge is -2.49. The van der Waals surface area contributed by atoms with E-state index in [4.69, 9.17) is 4.74 Å². The summed E-state index contributed by atoms with van der Waals surface area (Å²) >= 11 is 0. The van der Waals surface area contributed by atoms with Crippen LogP contribution in [0.2, 0.25) is 0 Å². The van der Waals surface area contributed by atoms with Gasteiger partial charge in [-0.2, -0.15) is 0 Å². The number of hydrogen-bond acceptors (Lipinski definition) is 2. The lowest BCUT2D eigenvalue weighted by molar-refractivity contribution is -0.120. The third-order valence-corrected chi connectivity index (χ3v) is 13.0. The third-order valence-electron chi connectivity index (χ3n) is 7.02. The van der Waals surface area contributed by atoms with E-state index in [9.17, 15) is 4.79 Å². The van der Waals surface area contributed by atoms with Gasteiger partial charge in [-0.05, 0) is 89.0 Å². The van der Waals surface area contributed by atoms with E-state index in [0.29, 0.717) is 5.91 Å². The van der Waals surface area contributed by atoms with Crippen molar-refractivity contribution in [1.29, 1.82) is 0 Å². The van der Waals surface area contributed by atoms with Crippen molar-refractivity contribution in [2.24, 2.45) is 0 Å². The lowest BCUT2D eigenvalue weighted by atomic mass is 9.83. The molecule has 1 saturated carbocycles. The second kappa shape index (κ2) is 7.89. The van der Waals surface area contributed by atoms with Crippen molar-refractivity contribution in [2.45, 2.75) is 70.9 Å². The average Bonchev–Trinajstić information content (AvgIpc) is 2.83. The standard InChI is InChI=1S/C22H34NO2P/c1-5-26(13-8-6-7-9-14-26)22(11-10-12-22)21(24)23-20-17(2)15-19(25-4)16-18(20)3/h15-16H,5-14H2,1-4H3/p+1. The fourth-order valence-corrected chi connectivity index (χ4v) is 11.0. The quantitative estimate of drug-likeness (QED) is 0.661. The van der Waals surface area contributed by atoms with E-state index in [1.54, 1.807) is 7.11 Å². The van der Waals surface area contributed by atoms with Gasteiger partial charge >= 0.3 is 0 Å². The largest absolute Gasteiger partial charge is 0.497 e. The summed E-state index contributed by atoms with van der Waals surface area (Å²) in [6, 6.07) is 4.04. The molecule has 0 bridgehead atoms. The molecule has 2 fully saturated rings. The number of nitrogens with one attached hydrogen (secondary N) is 1. The van der Waals surface area contributed by atoms with Crippen molar-refractivity contribution in [2.75, 3.05) is 30.9 Å². The maximum Gasteiger partial charge on any atom is 0.268 e. The van der Waals surface area contributed by atoms with E-state index in [2.05, 4.69) is 26.1 Å². The van der Waals surface area contributed by atoms with Crippen LogP contribution in [-0.4, -0.2) is 36.7 Å². The molecule has 0 spiro atoms. The molecule has 0 atom stereocenters. The molecule has 1 heterocycles. The van der Waals surface area contributed by atoms with Gasteiger partial charge in [-0.25, -0.2) is 0 Å². The minimum absolute atomic E-state index is 0.0507. The fourth-order valence-electron chi connectivity index (χ4n) is 5.24. The van der Waals surface area contributed by atoms with Crippen LogP contribution in [0.5, 0.6) is 5.75 Å². The molecule has 1 aliphatic carbocycles. The molecule has 1 aromatic rings. The minimum Gasteiger partial charge on any atom is -0.497 e. The summed E-state index contributed by atoms with van der Waals surface area (Å²) in [5, 5.41) is 3.33. The van der Waals surface area contributed by atoms with Gasteiger partial charge in [0.1, 0.15) is 5.75 Å². The van der Waals surface area contributed by atoms with E-state index in [1.807, 2.05) is 12.1 Å². The Morgan fingerprint density at radius 1 is 1.08 bits per heavy atom. The first-order chi connectivity index (χ1) is 12.5. The van der Waals surface area contributed by atoms with Crippen LogP contribution in [-0.2, 0) is 4.79 Å². The molecule has 2 aliphatic rings. The molecule has 1 N–H and O–H groups in total. The van der Waals surface area contributed by atoms with Crippen molar-refractivity contribution in [3.8, 4) is 5.75 Å². The van der Waals surface area contributed by atoms with Crippen molar-refractivity contribution in [3.05, 3.63) is 23.3 Å². The summed E-state index contributed by atoms with van der Waals surface area (Å²) in [4.78, 5) is 13.6. The van der Waals surface area contributed by atoms with Crippen molar-refractivity contribution >= 4 is 18.9 Å². The molecule has 4 heteroatoms. The summed E-state index contributed by atoms with van der Waals surface area (Å²) in [6.07, 6.45) is 12.7. The van der Waals surface area contributed by atoms with Gasteiger partial charge in [-0.1, -0.05) is 0 Å². The number of carbonyl (C=O) groups excluding carboxylic acids is 1. The Hall–Kier alpha value is -1.08. The first-order valence-electron chi connectivity index (χ1n) is 10.3. The van der Waals surface area contributed by atoms with E-state index in [-0.39, 0.29) is 5.16 Å². The first-order valence-corrected chi connectivity index (χ1v) is 12.7. The zero-order valence-electron chi connectivity index (χ0n) is 17.0. The Bertz CT molecular complexity index is 635. The van der Waals surface area contributed by atoms with Gasteiger partial charge in [0, 0.05) is 12.9 Å². The average molecular weight is 377 g/mol. The van der Waals surface area contributed by atoms with Crippen molar-refractivity contribution in [1.82, 2.24) is 0 Å². The van der Waals surface area contributed by atoms with Gasteiger partial charge in [0.25, 0.3) is 5.91 Å². The fraction of sp³-hybridized carbons (Fsp3) is 0.682. The Kier molecular flexibility index (Phi) is 5.97.